The summed E-state index contributed by atoms with van der Waals surface area (Å²) in [5, 5.41) is 0. The predicted molar refractivity (Wildman–Crippen MR) is 62.3 cm³/mol. The molecule has 0 unspecified atom stereocenters. The van der Waals surface area contributed by atoms with Gasteiger partial charge in [-0.2, -0.15) is 0 Å². The van der Waals surface area contributed by atoms with E-state index in [1.807, 2.05) is 7.11 Å². The summed E-state index contributed by atoms with van der Waals surface area (Å²) in [7, 11) is 0.0206. The molecular formula is C10H24N2OSi. The molecule has 3 nitrogen and oxygen atoms in total. The molecule has 0 amide bonds. The molecule has 14 heavy (non-hydrogen) atoms. The van der Waals surface area contributed by atoms with Gasteiger partial charge in [0.1, 0.15) is 0 Å². The quantitative estimate of drug-likeness (QED) is 0.664. The smallest absolute Gasteiger partial charge is 0.354 e. The van der Waals surface area contributed by atoms with Crippen LogP contribution >= 0.6 is 0 Å². The van der Waals surface area contributed by atoms with Crippen molar-refractivity contribution in [2.75, 3.05) is 20.2 Å². The second-order valence-corrected chi connectivity index (χ2v) is 7.38. The SMILES string of the molecule is CCN[Si](NCC)(OC)C1CCCC1. The van der Waals surface area contributed by atoms with Crippen molar-refractivity contribution in [2.45, 2.75) is 45.1 Å². The van der Waals surface area contributed by atoms with Crippen LogP contribution in [0.2, 0.25) is 5.54 Å². The van der Waals surface area contributed by atoms with Crippen LogP contribution in [0, 0.1) is 0 Å². The third-order valence-corrected chi connectivity index (χ3v) is 7.26. The Bertz CT molecular complexity index is 154. The Kier molecular flexibility index (Phi) is 5.09. The van der Waals surface area contributed by atoms with Crippen molar-refractivity contribution in [1.82, 2.24) is 9.96 Å². The molecule has 2 N–H and O–H groups in total. The lowest BCUT2D eigenvalue weighted by atomic mass is 10.4. The van der Waals surface area contributed by atoms with E-state index in [1.165, 1.54) is 25.7 Å². The van der Waals surface area contributed by atoms with Crippen molar-refractivity contribution in [2.24, 2.45) is 0 Å². The minimum absolute atomic E-state index is 0.757. The van der Waals surface area contributed by atoms with Gasteiger partial charge in [0.05, 0.1) is 0 Å². The minimum atomic E-state index is -1.84. The molecule has 0 aromatic carbocycles. The fourth-order valence-corrected chi connectivity index (χ4v) is 6.12. The first-order valence-electron chi connectivity index (χ1n) is 5.84. The minimum Gasteiger partial charge on any atom is -0.395 e. The fourth-order valence-electron chi connectivity index (χ4n) is 2.52. The van der Waals surface area contributed by atoms with Crippen LogP contribution in [0.25, 0.3) is 0 Å². The summed E-state index contributed by atoms with van der Waals surface area (Å²) in [4.78, 5) is 7.19. The van der Waals surface area contributed by atoms with E-state index >= 15 is 0 Å². The van der Waals surface area contributed by atoms with Crippen molar-refractivity contribution < 1.29 is 4.43 Å². The molecule has 1 rings (SSSR count). The Labute approximate surface area is 88.9 Å². The lowest BCUT2D eigenvalue weighted by Crippen LogP contribution is -2.66. The zero-order valence-corrected chi connectivity index (χ0v) is 10.7. The van der Waals surface area contributed by atoms with Crippen LogP contribution in [0.5, 0.6) is 0 Å². The molecule has 0 aromatic rings. The first kappa shape index (κ1) is 12.2. The van der Waals surface area contributed by atoms with E-state index in [2.05, 4.69) is 23.8 Å². The van der Waals surface area contributed by atoms with Gasteiger partial charge in [-0.15, -0.1) is 0 Å². The van der Waals surface area contributed by atoms with E-state index in [0.29, 0.717) is 0 Å². The summed E-state index contributed by atoms with van der Waals surface area (Å²) >= 11 is 0. The predicted octanol–water partition coefficient (Wildman–Crippen LogP) is 1.73. The molecule has 0 heterocycles. The second-order valence-electron chi connectivity index (χ2n) is 3.98. The number of hydrogen-bond acceptors (Lipinski definition) is 3. The van der Waals surface area contributed by atoms with E-state index < -0.39 is 8.64 Å². The number of hydrogen-bond donors (Lipinski definition) is 2. The van der Waals surface area contributed by atoms with Crippen molar-refractivity contribution >= 4 is 8.64 Å². The van der Waals surface area contributed by atoms with Crippen molar-refractivity contribution in [1.29, 1.82) is 0 Å². The summed E-state index contributed by atoms with van der Waals surface area (Å²) in [6.45, 7) is 6.33. The first-order valence-corrected chi connectivity index (χ1v) is 7.82. The van der Waals surface area contributed by atoms with E-state index in [-0.39, 0.29) is 0 Å². The van der Waals surface area contributed by atoms with Crippen LogP contribution in [-0.4, -0.2) is 28.8 Å². The highest BCUT2D eigenvalue weighted by atomic mass is 28.4. The summed E-state index contributed by atoms with van der Waals surface area (Å²) in [6.07, 6.45) is 5.42. The topological polar surface area (TPSA) is 33.3 Å². The van der Waals surface area contributed by atoms with Crippen molar-refractivity contribution in [3.05, 3.63) is 0 Å². The maximum Gasteiger partial charge on any atom is 0.354 e. The van der Waals surface area contributed by atoms with Crippen molar-refractivity contribution in [3.63, 3.8) is 0 Å². The largest absolute Gasteiger partial charge is 0.395 e. The molecule has 0 bridgehead atoms. The third-order valence-electron chi connectivity index (χ3n) is 3.13. The van der Waals surface area contributed by atoms with Crippen LogP contribution in [0.4, 0.5) is 0 Å². The monoisotopic (exact) mass is 216 g/mol. The highest BCUT2D eigenvalue weighted by Crippen LogP contribution is 2.36. The lowest BCUT2D eigenvalue weighted by molar-refractivity contribution is 0.347. The van der Waals surface area contributed by atoms with Crippen LogP contribution in [0.1, 0.15) is 39.5 Å². The van der Waals surface area contributed by atoms with E-state index in [9.17, 15) is 0 Å². The Morgan fingerprint density at radius 3 is 2.00 bits per heavy atom. The Balaban J connectivity index is 2.64. The van der Waals surface area contributed by atoms with Gasteiger partial charge < -0.3 is 14.4 Å². The van der Waals surface area contributed by atoms with Gasteiger partial charge in [0.15, 0.2) is 0 Å². The summed E-state index contributed by atoms with van der Waals surface area (Å²) < 4.78 is 5.82. The van der Waals surface area contributed by atoms with Gasteiger partial charge in [-0.3, -0.25) is 0 Å². The van der Waals surface area contributed by atoms with E-state index in [0.717, 1.165) is 18.6 Å². The average Bonchev–Trinajstić information content (AvgIpc) is 2.70. The Morgan fingerprint density at radius 2 is 1.64 bits per heavy atom. The first-order chi connectivity index (χ1) is 6.79. The van der Waals surface area contributed by atoms with E-state index in [4.69, 9.17) is 4.43 Å². The van der Waals surface area contributed by atoms with Gasteiger partial charge in [0, 0.05) is 12.7 Å². The van der Waals surface area contributed by atoms with Crippen molar-refractivity contribution in [3.8, 4) is 0 Å². The Hall–Kier alpha value is 0.0969. The maximum absolute atomic E-state index is 5.82. The Morgan fingerprint density at radius 1 is 1.14 bits per heavy atom. The molecule has 0 saturated heterocycles. The molecule has 0 aliphatic heterocycles. The summed E-state index contributed by atoms with van der Waals surface area (Å²) in [5.41, 5.74) is 0.757. The van der Waals surface area contributed by atoms with Gasteiger partial charge in [0.25, 0.3) is 0 Å². The number of nitrogens with one attached hydrogen (secondary N) is 2. The summed E-state index contributed by atoms with van der Waals surface area (Å²) in [6, 6.07) is 0. The second kappa shape index (κ2) is 5.85. The average molecular weight is 216 g/mol. The van der Waals surface area contributed by atoms with Gasteiger partial charge in [0.2, 0.25) is 0 Å². The molecule has 1 aliphatic carbocycles. The molecule has 84 valence electrons. The maximum atomic E-state index is 5.82. The van der Waals surface area contributed by atoms with E-state index in [1.54, 1.807) is 0 Å². The zero-order chi connectivity index (χ0) is 10.4. The van der Waals surface area contributed by atoms with Crippen LogP contribution in [-0.2, 0) is 4.43 Å². The van der Waals surface area contributed by atoms with Crippen LogP contribution in [0.15, 0.2) is 0 Å². The molecule has 0 spiro atoms. The molecule has 0 atom stereocenters. The molecule has 1 fully saturated rings. The standard InChI is InChI=1S/C10H24N2OSi/c1-4-11-14(13-3,12-5-2)10-8-6-7-9-10/h10-12H,4-9H2,1-3H3. The molecule has 4 heteroatoms. The van der Waals surface area contributed by atoms with Gasteiger partial charge >= 0.3 is 8.64 Å². The van der Waals surface area contributed by atoms with Gasteiger partial charge in [-0.25, -0.2) is 0 Å². The normalized spacial score (nSPS) is 19.1. The zero-order valence-electron chi connectivity index (χ0n) is 9.73. The van der Waals surface area contributed by atoms with Gasteiger partial charge in [-0.05, 0) is 25.9 Å². The van der Waals surface area contributed by atoms with Crippen LogP contribution in [0.3, 0.4) is 0 Å². The highest BCUT2D eigenvalue weighted by molar-refractivity contribution is 6.70. The third kappa shape index (κ3) is 2.57. The summed E-state index contributed by atoms with van der Waals surface area (Å²) in [5.74, 6) is 0. The van der Waals surface area contributed by atoms with Crippen LogP contribution < -0.4 is 9.96 Å². The molecule has 0 radical (unpaired) electrons. The molecular weight excluding hydrogens is 192 g/mol. The number of rotatable bonds is 6. The van der Waals surface area contributed by atoms with Gasteiger partial charge in [-0.1, -0.05) is 26.7 Å². The fraction of sp³-hybridized carbons (Fsp3) is 1.00. The lowest BCUT2D eigenvalue weighted by Gasteiger charge is -2.35. The highest BCUT2D eigenvalue weighted by Gasteiger charge is 2.43. The molecule has 1 aliphatic rings. The molecule has 0 aromatic heterocycles. The molecule has 1 saturated carbocycles.